The maximum Gasteiger partial charge on any atom is 0.243 e. The lowest BCUT2D eigenvalue weighted by Crippen LogP contribution is -2.60. The number of rotatable bonds is 7. The Bertz CT molecular complexity index is 768. The number of fused-ring (bicyclic) bond motifs is 1. The van der Waals surface area contributed by atoms with E-state index in [1.54, 1.807) is 36.3 Å². The molecule has 9 heteroatoms. The van der Waals surface area contributed by atoms with Crippen LogP contribution in [0.3, 0.4) is 0 Å². The van der Waals surface area contributed by atoms with Gasteiger partial charge in [-0.3, -0.25) is 9.69 Å². The molecule has 1 amide bonds. The molecule has 1 atom stereocenters. The van der Waals surface area contributed by atoms with Gasteiger partial charge in [0.05, 0.1) is 18.1 Å². The molecule has 2 aliphatic rings. The molecule has 0 aliphatic carbocycles. The zero-order chi connectivity index (χ0) is 20.1. The number of carbonyl (C=O) groups is 1. The van der Waals surface area contributed by atoms with Crippen molar-refractivity contribution in [2.75, 3.05) is 59.6 Å². The Morgan fingerprint density at radius 1 is 1.11 bits per heavy atom. The number of amides is 1. The lowest BCUT2D eigenvalue weighted by atomic mass is 10.1. The monoisotopic (exact) mass is 411 g/mol. The first kappa shape index (κ1) is 21.0. The van der Waals surface area contributed by atoms with E-state index in [-0.39, 0.29) is 17.3 Å². The summed E-state index contributed by atoms with van der Waals surface area (Å²) < 4.78 is 38.3. The second-order valence-electron chi connectivity index (χ2n) is 6.99. The molecule has 0 N–H and O–H groups in total. The molecule has 1 unspecified atom stereocenters. The molecule has 2 heterocycles. The summed E-state index contributed by atoms with van der Waals surface area (Å²) in [7, 11) is -2.06. The zero-order valence-electron chi connectivity index (χ0n) is 16.5. The topological polar surface area (TPSA) is 79.4 Å². The van der Waals surface area contributed by atoms with Crippen LogP contribution in [0.4, 0.5) is 0 Å². The van der Waals surface area contributed by atoms with Crippen LogP contribution in [-0.2, 0) is 19.6 Å². The van der Waals surface area contributed by atoms with Crippen molar-refractivity contribution >= 4 is 15.9 Å². The summed E-state index contributed by atoms with van der Waals surface area (Å²) in [6, 6.07) is 6.02. The van der Waals surface area contributed by atoms with Crippen molar-refractivity contribution in [3.8, 4) is 5.75 Å². The first-order chi connectivity index (χ1) is 13.5. The van der Waals surface area contributed by atoms with Crippen molar-refractivity contribution in [3.63, 3.8) is 0 Å². The van der Waals surface area contributed by atoms with E-state index in [9.17, 15) is 13.2 Å². The lowest BCUT2D eigenvalue weighted by Gasteiger charge is -2.40. The molecule has 0 bridgehead atoms. The van der Waals surface area contributed by atoms with Gasteiger partial charge < -0.3 is 14.4 Å². The molecule has 1 aromatic carbocycles. The first-order valence-electron chi connectivity index (χ1n) is 9.72. The van der Waals surface area contributed by atoms with E-state index in [1.807, 2.05) is 6.92 Å². The molecule has 2 fully saturated rings. The minimum absolute atomic E-state index is 0.0166. The number of methoxy groups -OCH3 is 1. The Hall–Kier alpha value is -1.68. The van der Waals surface area contributed by atoms with Crippen molar-refractivity contribution < 1.29 is 22.7 Å². The van der Waals surface area contributed by atoms with Crippen LogP contribution in [0.2, 0.25) is 0 Å². The number of ether oxygens (including phenoxy) is 2. The third-order valence-corrected chi connectivity index (χ3v) is 7.14. The summed E-state index contributed by atoms with van der Waals surface area (Å²) in [6.07, 6.45) is 0.706. The van der Waals surface area contributed by atoms with Gasteiger partial charge in [0.25, 0.3) is 0 Å². The zero-order valence-corrected chi connectivity index (χ0v) is 17.4. The molecule has 28 heavy (non-hydrogen) atoms. The van der Waals surface area contributed by atoms with Crippen LogP contribution in [0.25, 0.3) is 0 Å². The predicted molar refractivity (Wildman–Crippen MR) is 105 cm³/mol. The second-order valence-corrected chi connectivity index (χ2v) is 8.93. The third-order valence-electron chi connectivity index (χ3n) is 5.26. The fourth-order valence-electron chi connectivity index (χ4n) is 3.74. The average Bonchev–Trinajstić information content (AvgIpc) is 2.92. The Balaban J connectivity index is 1.77. The van der Waals surface area contributed by atoms with Gasteiger partial charge in [0.15, 0.2) is 0 Å². The number of hydrogen-bond acceptors (Lipinski definition) is 6. The van der Waals surface area contributed by atoms with Gasteiger partial charge in [-0.15, -0.1) is 0 Å². The molecule has 3 rings (SSSR count). The number of sulfonamides is 1. The molecule has 2 aliphatic heterocycles. The number of hydrogen-bond donors (Lipinski definition) is 0. The van der Waals surface area contributed by atoms with Crippen LogP contribution < -0.4 is 4.74 Å². The van der Waals surface area contributed by atoms with Gasteiger partial charge in [-0.1, -0.05) is 0 Å². The predicted octanol–water partition coefficient (Wildman–Crippen LogP) is 0.639. The Kier molecular flexibility index (Phi) is 6.92. The Morgan fingerprint density at radius 3 is 2.54 bits per heavy atom. The summed E-state index contributed by atoms with van der Waals surface area (Å²) in [5.74, 6) is 0.622. The highest BCUT2D eigenvalue weighted by atomic mass is 32.2. The maximum absolute atomic E-state index is 13.2. The highest BCUT2D eigenvalue weighted by Crippen LogP contribution is 2.24. The highest BCUT2D eigenvalue weighted by molar-refractivity contribution is 7.89. The van der Waals surface area contributed by atoms with E-state index >= 15 is 0 Å². The van der Waals surface area contributed by atoms with E-state index in [0.29, 0.717) is 45.0 Å². The fourth-order valence-corrected chi connectivity index (χ4v) is 5.23. The number of nitrogens with zero attached hydrogens (tertiary/aromatic N) is 3. The summed E-state index contributed by atoms with van der Waals surface area (Å²) in [6.45, 7) is 6.15. The standard InChI is InChI=1S/C19H29N3O5S/c1-3-27-16-5-7-17(8-6-16)28(24,25)22-10-4-9-20-11-12-21(13-14-26-2)19(23)18(20)15-22/h5-8,18H,3-4,9-15H2,1-2H3. The molecule has 0 aromatic heterocycles. The van der Waals surface area contributed by atoms with Crippen molar-refractivity contribution in [1.82, 2.24) is 14.1 Å². The molecular weight excluding hydrogens is 382 g/mol. The molecule has 2 saturated heterocycles. The van der Waals surface area contributed by atoms with E-state index in [2.05, 4.69) is 4.90 Å². The van der Waals surface area contributed by atoms with E-state index in [0.717, 1.165) is 13.1 Å². The van der Waals surface area contributed by atoms with E-state index in [4.69, 9.17) is 9.47 Å². The average molecular weight is 412 g/mol. The number of piperazine rings is 1. The molecule has 0 radical (unpaired) electrons. The summed E-state index contributed by atoms with van der Waals surface area (Å²) in [5, 5.41) is 0. The largest absolute Gasteiger partial charge is 0.494 e. The normalized spacial score (nSPS) is 22.0. The first-order valence-corrected chi connectivity index (χ1v) is 11.2. The van der Waals surface area contributed by atoms with Gasteiger partial charge in [0.1, 0.15) is 11.8 Å². The Morgan fingerprint density at radius 2 is 1.86 bits per heavy atom. The van der Waals surface area contributed by atoms with Gasteiger partial charge in [0.2, 0.25) is 15.9 Å². The van der Waals surface area contributed by atoms with Crippen LogP contribution in [0.1, 0.15) is 13.3 Å². The van der Waals surface area contributed by atoms with Crippen molar-refractivity contribution in [1.29, 1.82) is 0 Å². The Labute approximate surface area is 167 Å². The molecule has 156 valence electrons. The van der Waals surface area contributed by atoms with Crippen molar-refractivity contribution in [2.24, 2.45) is 0 Å². The number of benzene rings is 1. The summed E-state index contributed by atoms with van der Waals surface area (Å²) in [5.41, 5.74) is 0. The van der Waals surface area contributed by atoms with Gasteiger partial charge in [0, 0.05) is 46.4 Å². The molecule has 8 nitrogen and oxygen atoms in total. The van der Waals surface area contributed by atoms with Crippen LogP contribution in [0.15, 0.2) is 29.2 Å². The third kappa shape index (κ3) is 4.48. The quantitative estimate of drug-likeness (QED) is 0.655. The van der Waals surface area contributed by atoms with Crippen LogP contribution in [-0.4, -0.2) is 94.1 Å². The van der Waals surface area contributed by atoms with Crippen molar-refractivity contribution in [3.05, 3.63) is 24.3 Å². The smallest absolute Gasteiger partial charge is 0.243 e. The minimum Gasteiger partial charge on any atom is -0.494 e. The minimum atomic E-state index is -3.67. The highest BCUT2D eigenvalue weighted by Gasteiger charge is 2.40. The molecular formula is C19H29N3O5S. The van der Waals surface area contributed by atoms with Crippen LogP contribution >= 0.6 is 0 Å². The molecule has 0 spiro atoms. The van der Waals surface area contributed by atoms with Gasteiger partial charge in [-0.25, -0.2) is 8.42 Å². The van der Waals surface area contributed by atoms with Gasteiger partial charge in [-0.05, 0) is 37.6 Å². The number of carbonyl (C=O) groups excluding carboxylic acids is 1. The SMILES string of the molecule is CCOc1ccc(S(=O)(=O)N2CCCN3CCN(CCOC)C(=O)C3C2)cc1. The maximum atomic E-state index is 13.2. The lowest BCUT2D eigenvalue weighted by molar-refractivity contribution is -0.142. The van der Waals surface area contributed by atoms with Gasteiger partial charge in [-0.2, -0.15) is 4.31 Å². The van der Waals surface area contributed by atoms with Gasteiger partial charge >= 0.3 is 0 Å². The van der Waals surface area contributed by atoms with E-state index < -0.39 is 16.1 Å². The fraction of sp³-hybridized carbons (Fsp3) is 0.632. The molecule has 1 aromatic rings. The van der Waals surface area contributed by atoms with Crippen LogP contribution in [0, 0.1) is 0 Å². The second kappa shape index (κ2) is 9.21. The molecule has 0 saturated carbocycles. The summed E-state index contributed by atoms with van der Waals surface area (Å²) >= 11 is 0. The van der Waals surface area contributed by atoms with Crippen molar-refractivity contribution in [2.45, 2.75) is 24.3 Å². The van der Waals surface area contributed by atoms with Crippen LogP contribution in [0.5, 0.6) is 5.75 Å². The summed E-state index contributed by atoms with van der Waals surface area (Å²) in [4.78, 5) is 17.0. The van der Waals surface area contributed by atoms with E-state index in [1.165, 1.54) is 4.31 Å².